The van der Waals surface area contributed by atoms with Gasteiger partial charge in [-0.2, -0.15) is 8.78 Å². The fourth-order valence-electron chi connectivity index (χ4n) is 2.59. The first-order valence-electron chi connectivity index (χ1n) is 6.76. The molecule has 4 heteroatoms. The lowest BCUT2D eigenvalue weighted by Crippen LogP contribution is -2.38. The third-order valence-corrected chi connectivity index (χ3v) is 3.73. The van der Waals surface area contributed by atoms with Gasteiger partial charge in [-0.25, -0.2) is 0 Å². The van der Waals surface area contributed by atoms with E-state index in [4.69, 9.17) is 4.74 Å². The summed E-state index contributed by atoms with van der Waals surface area (Å²) in [6.45, 7) is 4.63. The number of halogens is 2. The van der Waals surface area contributed by atoms with Crippen molar-refractivity contribution in [1.82, 2.24) is 5.32 Å². The number of methoxy groups -OCH3 is 1. The summed E-state index contributed by atoms with van der Waals surface area (Å²) in [5, 5.41) is 2.89. The van der Waals surface area contributed by atoms with Crippen LogP contribution in [0.5, 0.6) is 5.75 Å². The molecule has 1 saturated heterocycles. The van der Waals surface area contributed by atoms with Crippen LogP contribution in [0.3, 0.4) is 0 Å². The summed E-state index contributed by atoms with van der Waals surface area (Å²) in [4.78, 5) is 0. The predicted molar refractivity (Wildman–Crippen MR) is 72.0 cm³/mol. The Morgan fingerprint density at radius 3 is 2.63 bits per heavy atom. The van der Waals surface area contributed by atoms with Crippen molar-refractivity contribution in [1.29, 1.82) is 0 Å². The molecule has 0 spiro atoms. The van der Waals surface area contributed by atoms with Gasteiger partial charge < -0.3 is 10.1 Å². The molecule has 1 fully saturated rings. The maximum Gasteiger partial charge on any atom is 0.288 e. The van der Waals surface area contributed by atoms with Crippen LogP contribution in [0.1, 0.15) is 43.7 Å². The van der Waals surface area contributed by atoms with Crippen molar-refractivity contribution in [3.05, 3.63) is 29.3 Å². The van der Waals surface area contributed by atoms with Gasteiger partial charge in [0.2, 0.25) is 0 Å². The fraction of sp³-hybridized carbons (Fsp3) is 0.600. The second kappa shape index (κ2) is 5.45. The Morgan fingerprint density at radius 1 is 1.37 bits per heavy atom. The fourth-order valence-corrected chi connectivity index (χ4v) is 2.59. The molecule has 1 unspecified atom stereocenters. The smallest absolute Gasteiger partial charge is 0.288 e. The van der Waals surface area contributed by atoms with Crippen molar-refractivity contribution in [2.24, 2.45) is 0 Å². The van der Waals surface area contributed by atoms with E-state index in [-0.39, 0.29) is 11.5 Å². The van der Waals surface area contributed by atoms with E-state index in [0.717, 1.165) is 12.0 Å². The van der Waals surface area contributed by atoms with Gasteiger partial charge in [0.25, 0.3) is 5.92 Å². The highest BCUT2D eigenvalue weighted by Gasteiger charge is 2.42. The summed E-state index contributed by atoms with van der Waals surface area (Å²) in [6.07, 6.45) is 1.34. The quantitative estimate of drug-likeness (QED) is 0.900. The molecule has 0 aromatic heterocycles. The Labute approximate surface area is 113 Å². The molecule has 1 atom stereocenters. The van der Waals surface area contributed by atoms with E-state index in [1.54, 1.807) is 19.2 Å². The summed E-state index contributed by atoms with van der Waals surface area (Å²) in [5.74, 6) is -2.00. The maximum absolute atomic E-state index is 14.4. The third kappa shape index (κ3) is 2.73. The lowest BCUT2D eigenvalue weighted by atomic mass is 9.94. The van der Waals surface area contributed by atoms with Crippen LogP contribution in [0.15, 0.2) is 18.2 Å². The molecule has 1 aliphatic rings. The number of benzene rings is 1. The number of nitrogens with one attached hydrogen (secondary N) is 1. The molecule has 0 saturated carbocycles. The molecule has 0 bridgehead atoms. The maximum atomic E-state index is 14.4. The van der Waals surface area contributed by atoms with E-state index in [2.05, 4.69) is 5.32 Å². The van der Waals surface area contributed by atoms with Crippen LogP contribution in [0.4, 0.5) is 8.78 Å². The van der Waals surface area contributed by atoms with E-state index in [0.29, 0.717) is 18.7 Å². The van der Waals surface area contributed by atoms with Crippen molar-refractivity contribution in [2.45, 2.75) is 44.6 Å². The number of hydrogen-bond acceptors (Lipinski definition) is 2. The van der Waals surface area contributed by atoms with Gasteiger partial charge in [0, 0.05) is 5.56 Å². The summed E-state index contributed by atoms with van der Waals surface area (Å²) >= 11 is 0. The lowest BCUT2D eigenvalue weighted by molar-refractivity contribution is -0.0377. The summed E-state index contributed by atoms with van der Waals surface area (Å²) in [6, 6.07) is 3.96. The van der Waals surface area contributed by atoms with Gasteiger partial charge in [-0.05, 0) is 49.1 Å². The molecule has 2 nitrogen and oxygen atoms in total. The van der Waals surface area contributed by atoms with Crippen molar-refractivity contribution >= 4 is 0 Å². The molecule has 0 amide bonds. The van der Waals surface area contributed by atoms with Crippen LogP contribution < -0.4 is 10.1 Å². The highest BCUT2D eigenvalue weighted by Crippen LogP contribution is 2.38. The van der Waals surface area contributed by atoms with Crippen LogP contribution >= 0.6 is 0 Å². The number of hydrogen-bond donors (Lipinski definition) is 1. The summed E-state index contributed by atoms with van der Waals surface area (Å²) in [7, 11) is 1.57. The first kappa shape index (κ1) is 14.3. The first-order chi connectivity index (χ1) is 8.96. The van der Waals surface area contributed by atoms with E-state index >= 15 is 0 Å². The zero-order valence-electron chi connectivity index (χ0n) is 11.7. The van der Waals surface area contributed by atoms with Gasteiger partial charge in [-0.3, -0.25) is 0 Å². The number of ether oxygens (including phenoxy) is 1. The molecule has 1 aliphatic heterocycles. The average Bonchev–Trinajstić information content (AvgIpc) is 2.92. The Bertz CT molecular complexity index is 440. The van der Waals surface area contributed by atoms with Gasteiger partial charge in [0.05, 0.1) is 13.2 Å². The van der Waals surface area contributed by atoms with Gasteiger partial charge in [0.15, 0.2) is 0 Å². The normalized spacial score (nSPS) is 20.0. The Hall–Kier alpha value is -1.16. The van der Waals surface area contributed by atoms with E-state index < -0.39 is 12.0 Å². The number of alkyl halides is 2. The summed E-state index contributed by atoms with van der Waals surface area (Å²) in [5.41, 5.74) is 0.911. The topological polar surface area (TPSA) is 21.3 Å². The Kier molecular flexibility index (Phi) is 4.09. The Morgan fingerprint density at radius 2 is 2.11 bits per heavy atom. The van der Waals surface area contributed by atoms with Crippen molar-refractivity contribution in [3.63, 3.8) is 0 Å². The van der Waals surface area contributed by atoms with E-state index in [1.165, 1.54) is 6.07 Å². The second-order valence-electron chi connectivity index (χ2n) is 5.38. The van der Waals surface area contributed by atoms with Crippen molar-refractivity contribution < 1.29 is 13.5 Å². The van der Waals surface area contributed by atoms with Crippen LogP contribution in [-0.4, -0.2) is 19.7 Å². The molecule has 19 heavy (non-hydrogen) atoms. The van der Waals surface area contributed by atoms with Crippen molar-refractivity contribution in [3.8, 4) is 5.75 Å². The molecule has 0 radical (unpaired) electrons. The number of rotatable bonds is 4. The van der Waals surface area contributed by atoms with Gasteiger partial charge >= 0.3 is 0 Å². The average molecular weight is 269 g/mol. The minimum atomic E-state index is -2.83. The molecular formula is C15H21F2NO. The standard InChI is InChI=1S/C15H21F2NO/c1-10(2)12-9-11(6-7-13(12)19-3)15(16,17)14-5-4-8-18-14/h6-7,9-10,14,18H,4-5,8H2,1-3H3. The minimum Gasteiger partial charge on any atom is -0.496 e. The predicted octanol–water partition coefficient (Wildman–Crippen LogP) is 3.66. The van der Waals surface area contributed by atoms with Gasteiger partial charge in [0.1, 0.15) is 5.75 Å². The zero-order chi connectivity index (χ0) is 14.0. The molecule has 106 valence electrons. The molecule has 2 rings (SSSR count). The SMILES string of the molecule is COc1ccc(C(F)(F)C2CCCN2)cc1C(C)C. The molecule has 1 heterocycles. The van der Waals surface area contributed by atoms with Crippen LogP contribution in [-0.2, 0) is 5.92 Å². The van der Waals surface area contributed by atoms with Crippen LogP contribution in [0.2, 0.25) is 0 Å². The molecule has 1 aromatic carbocycles. The van der Waals surface area contributed by atoms with Gasteiger partial charge in [-0.15, -0.1) is 0 Å². The van der Waals surface area contributed by atoms with Crippen LogP contribution in [0, 0.1) is 0 Å². The molecule has 1 N–H and O–H groups in total. The van der Waals surface area contributed by atoms with E-state index in [1.807, 2.05) is 13.8 Å². The Balaban J connectivity index is 2.36. The van der Waals surface area contributed by atoms with Gasteiger partial charge in [-0.1, -0.05) is 13.8 Å². The third-order valence-electron chi connectivity index (χ3n) is 3.73. The highest BCUT2D eigenvalue weighted by atomic mass is 19.3. The first-order valence-corrected chi connectivity index (χ1v) is 6.76. The van der Waals surface area contributed by atoms with E-state index in [9.17, 15) is 8.78 Å². The largest absolute Gasteiger partial charge is 0.496 e. The summed E-state index contributed by atoms with van der Waals surface area (Å²) < 4.78 is 34.1. The monoisotopic (exact) mass is 269 g/mol. The lowest BCUT2D eigenvalue weighted by Gasteiger charge is -2.25. The molecule has 1 aromatic rings. The zero-order valence-corrected chi connectivity index (χ0v) is 11.7. The molecular weight excluding hydrogens is 248 g/mol. The van der Waals surface area contributed by atoms with Crippen molar-refractivity contribution in [2.75, 3.05) is 13.7 Å². The second-order valence-corrected chi connectivity index (χ2v) is 5.38. The van der Waals surface area contributed by atoms with Crippen LogP contribution in [0.25, 0.3) is 0 Å². The minimum absolute atomic E-state index is 0.0800. The molecule has 0 aliphatic carbocycles. The highest BCUT2D eigenvalue weighted by molar-refractivity contribution is 5.41.